The van der Waals surface area contributed by atoms with Crippen LogP contribution in [0.3, 0.4) is 0 Å². The van der Waals surface area contributed by atoms with Crippen LogP contribution >= 0.6 is 22.9 Å². The molecule has 3 amide bonds. The third kappa shape index (κ3) is 3.90. The van der Waals surface area contributed by atoms with Crippen LogP contribution < -0.4 is 10.2 Å². The number of anilines is 2. The van der Waals surface area contributed by atoms with Gasteiger partial charge < -0.3 is 5.32 Å². The number of benzene rings is 2. The maximum absolute atomic E-state index is 12.6. The Morgan fingerprint density at radius 2 is 1.60 bits per heavy atom. The lowest BCUT2D eigenvalue weighted by molar-refractivity contribution is -0.116. The minimum absolute atomic E-state index is 0.00555. The van der Waals surface area contributed by atoms with E-state index in [1.54, 1.807) is 60.7 Å². The Morgan fingerprint density at radius 1 is 0.900 bits per heavy atom. The Hall–Kier alpha value is -3.29. The molecule has 4 rings (SSSR count). The minimum atomic E-state index is -0.403. The lowest BCUT2D eigenvalue weighted by atomic mass is 10.1. The Kier molecular flexibility index (Phi) is 5.48. The second kappa shape index (κ2) is 8.22. The number of nitrogens with zero attached hydrogens (tertiary/aromatic N) is 1. The van der Waals surface area contributed by atoms with Gasteiger partial charge in [-0.15, -0.1) is 11.3 Å². The zero-order valence-corrected chi connectivity index (χ0v) is 17.1. The summed E-state index contributed by atoms with van der Waals surface area (Å²) in [4.78, 5) is 51.2. The quantitative estimate of drug-likeness (QED) is 0.442. The number of hydrogen-bond acceptors (Lipinski definition) is 5. The number of hydrogen-bond donors (Lipinski definition) is 1. The number of rotatable bonds is 6. The first kappa shape index (κ1) is 20.0. The van der Waals surface area contributed by atoms with Crippen molar-refractivity contribution in [3.05, 3.63) is 81.0 Å². The highest BCUT2D eigenvalue weighted by Crippen LogP contribution is 2.30. The molecule has 1 aromatic heterocycles. The van der Waals surface area contributed by atoms with E-state index in [2.05, 4.69) is 5.32 Å². The molecule has 8 heteroatoms. The molecule has 0 fully saturated rings. The van der Waals surface area contributed by atoms with Gasteiger partial charge in [0.25, 0.3) is 11.8 Å². The van der Waals surface area contributed by atoms with Crippen molar-refractivity contribution in [1.82, 2.24) is 0 Å². The Morgan fingerprint density at radius 3 is 2.23 bits per heavy atom. The molecule has 0 unspecified atom stereocenters. The zero-order chi connectivity index (χ0) is 21.3. The van der Waals surface area contributed by atoms with E-state index in [-0.39, 0.29) is 24.5 Å². The zero-order valence-electron chi connectivity index (χ0n) is 15.6. The molecule has 30 heavy (non-hydrogen) atoms. The molecular weight excluding hydrogens is 424 g/mol. The molecule has 2 aromatic carbocycles. The molecule has 1 aliphatic rings. The number of fused-ring (bicyclic) bond motifs is 1. The predicted molar refractivity (Wildman–Crippen MR) is 116 cm³/mol. The summed E-state index contributed by atoms with van der Waals surface area (Å²) in [6.07, 6.45) is 0.0619. The van der Waals surface area contributed by atoms with Gasteiger partial charge in [0, 0.05) is 18.5 Å². The molecule has 0 atom stereocenters. The maximum atomic E-state index is 12.6. The Balaban J connectivity index is 1.43. The van der Waals surface area contributed by atoms with Crippen molar-refractivity contribution in [3.63, 3.8) is 0 Å². The average Bonchev–Trinajstić information content (AvgIpc) is 3.28. The van der Waals surface area contributed by atoms with Crippen LogP contribution in [0.15, 0.2) is 60.7 Å². The first-order valence-electron chi connectivity index (χ1n) is 9.10. The number of thiophene rings is 1. The standard InChI is InChI=1S/C22H15ClN2O4S/c23-19-10-9-18(30-19)17(26)8-11-20(27)24-13-4-3-5-14(12-13)25-21(28)15-6-1-2-7-16(15)22(25)29/h1-7,9-10,12H,8,11H2,(H,24,27). The Labute approximate surface area is 181 Å². The molecule has 1 N–H and O–H groups in total. The van der Waals surface area contributed by atoms with Crippen LogP contribution in [0.2, 0.25) is 4.34 Å². The number of carbonyl (C=O) groups is 4. The van der Waals surface area contributed by atoms with Crippen molar-refractivity contribution in [3.8, 4) is 0 Å². The van der Waals surface area contributed by atoms with Crippen molar-refractivity contribution in [2.45, 2.75) is 12.8 Å². The van der Waals surface area contributed by atoms with Crippen LogP contribution in [0.4, 0.5) is 11.4 Å². The maximum Gasteiger partial charge on any atom is 0.266 e. The number of nitrogens with one attached hydrogen (secondary N) is 1. The van der Waals surface area contributed by atoms with E-state index < -0.39 is 11.8 Å². The predicted octanol–water partition coefficient (Wildman–Crippen LogP) is 4.80. The third-order valence-corrected chi connectivity index (χ3v) is 5.88. The van der Waals surface area contributed by atoms with Crippen molar-refractivity contribution < 1.29 is 19.2 Å². The highest BCUT2D eigenvalue weighted by Gasteiger charge is 2.36. The van der Waals surface area contributed by atoms with E-state index in [1.807, 2.05) is 0 Å². The molecule has 6 nitrogen and oxygen atoms in total. The number of carbonyl (C=O) groups excluding carboxylic acids is 4. The summed E-state index contributed by atoms with van der Waals surface area (Å²) in [5.41, 5.74) is 1.50. The van der Waals surface area contributed by atoms with E-state index in [9.17, 15) is 19.2 Å². The molecule has 1 aliphatic heterocycles. The first-order valence-corrected chi connectivity index (χ1v) is 10.3. The number of Topliss-reactive ketones (excluding diaryl/α,β-unsaturated/α-hetero) is 1. The smallest absolute Gasteiger partial charge is 0.266 e. The van der Waals surface area contributed by atoms with Crippen LogP contribution in [0.25, 0.3) is 0 Å². The van der Waals surface area contributed by atoms with Gasteiger partial charge in [-0.05, 0) is 42.5 Å². The van der Waals surface area contributed by atoms with E-state index >= 15 is 0 Å². The second-order valence-corrected chi connectivity index (χ2v) is 8.33. The van der Waals surface area contributed by atoms with E-state index in [0.29, 0.717) is 31.7 Å². The van der Waals surface area contributed by atoms with E-state index in [1.165, 1.54) is 11.3 Å². The van der Waals surface area contributed by atoms with Gasteiger partial charge in [-0.3, -0.25) is 19.2 Å². The minimum Gasteiger partial charge on any atom is -0.326 e. The fourth-order valence-electron chi connectivity index (χ4n) is 3.18. The molecule has 0 saturated carbocycles. The van der Waals surface area contributed by atoms with Gasteiger partial charge in [0.15, 0.2) is 5.78 Å². The molecule has 3 aromatic rings. The van der Waals surface area contributed by atoms with Crippen LogP contribution in [0.5, 0.6) is 0 Å². The van der Waals surface area contributed by atoms with Gasteiger partial charge >= 0.3 is 0 Å². The van der Waals surface area contributed by atoms with Gasteiger partial charge in [-0.2, -0.15) is 0 Å². The van der Waals surface area contributed by atoms with Crippen molar-refractivity contribution >= 4 is 57.8 Å². The number of amides is 3. The SMILES string of the molecule is O=C(CCC(=O)c1ccc(Cl)s1)Nc1cccc(N2C(=O)c3ccccc3C2=O)c1. The van der Waals surface area contributed by atoms with Crippen LogP contribution in [-0.2, 0) is 4.79 Å². The number of imide groups is 1. The highest BCUT2D eigenvalue weighted by molar-refractivity contribution is 7.18. The van der Waals surface area contributed by atoms with E-state index in [0.717, 1.165) is 4.90 Å². The average molecular weight is 439 g/mol. The van der Waals surface area contributed by atoms with Crippen LogP contribution in [0.1, 0.15) is 43.2 Å². The van der Waals surface area contributed by atoms with Gasteiger partial charge in [-0.1, -0.05) is 29.8 Å². The number of ketones is 1. The second-order valence-electron chi connectivity index (χ2n) is 6.62. The summed E-state index contributed by atoms with van der Waals surface area (Å²) in [6, 6.07) is 16.4. The summed E-state index contributed by atoms with van der Waals surface area (Å²) < 4.78 is 0.521. The van der Waals surface area contributed by atoms with Crippen molar-refractivity contribution in [1.29, 1.82) is 0 Å². The molecule has 0 bridgehead atoms. The highest BCUT2D eigenvalue weighted by atomic mass is 35.5. The normalized spacial score (nSPS) is 12.8. The lowest BCUT2D eigenvalue weighted by Gasteiger charge is -2.15. The van der Waals surface area contributed by atoms with Crippen molar-refractivity contribution in [2.24, 2.45) is 0 Å². The first-order chi connectivity index (χ1) is 14.4. The van der Waals surface area contributed by atoms with Crippen LogP contribution in [-0.4, -0.2) is 23.5 Å². The topological polar surface area (TPSA) is 83.6 Å². The summed E-state index contributed by atoms with van der Waals surface area (Å²) in [7, 11) is 0. The Bertz CT molecular complexity index is 1150. The van der Waals surface area contributed by atoms with E-state index in [4.69, 9.17) is 11.6 Å². The lowest BCUT2D eigenvalue weighted by Crippen LogP contribution is -2.29. The largest absolute Gasteiger partial charge is 0.326 e. The molecule has 0 aliphatic carbocycles. The van der Waals surface area contributed by atoms with Crippen LogP contribution in [0, 0.1) is 0 Å². The molecule has 0 saturated heterocycles. The molecule has 0 spiro atoms. The molecule has 0 radical (unpaired) electrons. The summed E-state index contributed by atoms with van der Waals surface area (Å²) in [5, 5.41) is 2.71. The monoisotopic (exact) mass is 438 g/mol. The van der Waals surface area contributed by atoms with Gasteiger partial charge in [0.1, 0.15) is 0 Å². The van der Waals surface area contributed by atoms with Gasteiger partial charge in [-0.25, -0.2) is 4.90 Å². The molecule has 2 heterocycles. The van der Waals surface area contributed by atoms with Crippen molar-refractivity contribution in [2.75, 3.05) is 10.2 Å². The fraction of sp³-hybridized carbons (Fsp3) is 0.0909. The number of halogens is 1. The summed E-state index contributed by atoms with van der Waals surface area (Å²) in [5.74, 6) is -1.30. The fourth-order valence-corrected chi connectivity index (χ4v) is 4.19. The van der Waals surface area contributed by atoms with Gasteiger partial charge in [0.2, 0.25) is 5.91 Å². The summed E-state index contributed by atoms with van der Waals surface area (Å²) >= 11 is 7.01. The summed E-state index contributed by atoms with van der Waals surface area (Å²) in [6.45, 7) is 0. The molecular formula is C22H15ClN2O4S. The third-order valence-electron chi connectivity index (χ3n) is 4.61. The van der Waals surface area contributed by atoms with Gasteiger partial charge in [0.05, 0.1) is 26.0 Å². The molecule has 150 valence electrons.